The third-order valence-electron chi connectivity index (χ3n) is 0.862. The molecule has 2 N–H and O–H groups in total. The van der Waals surface area contributed by atoms with Crippen LogP contribution in [0.3, 0.4) is 0 Å². The van der Waals surface area contributed by atoms with Gasteiger partial charge in [-0.2, -0.15) is 0 Å². The predicted molar refractivity (Wildman–Crippen MR) is 30.7 cm³/mol. The highest BCUT2D eigenvalue weighted by Crippen LogP contribution is 2.21. The standard InChI is InChI=1S/C4H4O5S/c5-1-3(7)10-4(8)2(6)9-1/h3-4,7-8H/t3-,4-/m1/s1. The summed E-state index contributed by atoms with van der Waals surface area (Å²) in [6.45, 7) is 0. The van der Waals surface area contributed by atoms with Gasteiger partial charge in [-0.3, -0.25) is 0 Å². The molecule has 1 aliphatic rings. The number of esters is 2. The van der Waals surface area contributed by atoms with Crippen LogP contribution >= 0.6 is 11.8 Å². The first-order chi connectivity index (χ1) is 4.61. The number of rotatable bonds is 0. The number of hydrogen-bond donors (Lipinski definition) is 2. The Morgan fingerprint density at radius 3 is 1.90 bits per heavy atom. The number of aliphatic hydroxyl groups excluding tert-OH is 2. The van der Waals surface area contributed by atoms with Crippen LogP contribution in [0.5, 0.6) is 0 Å². The van der Waals surface area contributed by atoms with Gasteiger partial charge in [-0.25, -0.2) is 9.59 Å². The second-order valence-corrected chi connectivity index (χ2v) is 2.75. The zero-order chi connectivity index (χ0) is 7.72. The Bertz CT molecular complexity index is 160. The van der Waals surface area contributed by atoms with Crippen LogP contribution in [-0.4, -0.2) is 33.0 Å². The molecule has 0 spiro atoms. The van der Waals surface area contributed by atoms with Gasteiger partial charge in [-0.15, -0.1) is 0 Å². The van der Waals surface area contributed by atoms with Crippen molar-refractivity contribution in [2.24, 2.45) is 0 Å². The van der Waals surface area contributed by atoms with Gasteiger partial charge in [0, 0.05) is 0 Å². The second kappa shape index (κ2) is 2.57. The molecular formula is C4H4O5S. The Morgan fingerprint density at radius 1 is 1.20 bits per heavy atom. The summed E-state index contributed by atoms with van der Waals surface area (Å²) in [5.41, 5.74) is -2.90. The van der Waals surface area contributed by atoms with Crippen LogP contribution in [-0.2, 0) is 14.3 Å². The zero-order valence-electron chi connectivity index (χ0n) is 4.68. The van der Waals surface area contributed by atoms with E-state index in [-0.39, 0.29) is 0 Å². The van der Waals surface area contributed by atoms with E-state index < -0.39 is 22.8 Å². The van der Waals surface area contributed by atoms with Crippen LogP contribution in [0.15, 0.2) is 0 Å². The fourth-order valence-corrected chi connectivity index (χ4v) is 0.996. The molecule has 5 nitrogen and oxygen atoms in total. The van der Waals surface area contributed by atoms with Crippen molar-refractivity contribution >= 4 is 23.7 Å². The minimum absolute atomic E-state index is 0.444. The number of carbonyl (C=O) groups is 2. The number of cyclic esters (lactones) is 2. The highest BCUT2D eigenvalue weighted by atomic mass is 32.2. The zero-order valence-corrected chi connectivity index (χ0v) is 5.50. The fourth-order valence-electron chi connectivity index (χ4n) is 0.433. The Balaban J connectivity index is 2.63. The smallest absolute Gasteiger partial charge is 0.353 e. The molecule has 0 radical (unpaired) electrons. The molecule has 1 rings (SSSR count). The molecular weight excluding hydrogens is 160 g/mol. The maximum absolute atomic E-state index is 10.3. The van der Waals surface area contributed by atoms with Gasteiger partial charge in [0.2, 0.25) is 10.9 Å². The van der Waals surface area contributed by atoms with Crippen molar-refractivity contribution in [2.45, 2.75) is 10.9 Å². The molecule has 0 aromatic rings. The van der Waals surface area contributed by atoms with E-state index in [4.69, 9.17) is 10.2 Å². The third kappa shape index (κ3) is 1.28. The summed E-state index contributed by atoms with van der Waals surface area (Å²) in [6.07, 6.45) is 0. The number of aliphatic hydroxyl groups is 2. The van der Waals surface area contributed by atoms with Crippen LogP contribution in [0.1, 0.15) is 0 Å². The summed E-state index contributed by atoms with van der Waals surface area (Å²) >= 11 is 0.444. The summed E-state index contributed by atoms with van der Waals surface area (Å²) in [6, 6.07) is 0. The van der Waals surface area contributed by atoms with E-state index in [0.29, 0.717) is 11.8 Å². The lowest BCUT2D eigenvalue weighted by Gasteiger charge is -2.17. The highest BCUT2D eigenvalue weighted by Gasteiger charge is 2.35. The van der Waals surface area contributed by atoms with Crippen molar-refractivity contribution in [2.75, 3.05) is 0 Å². The molecule has 1 fully saturated rings. The molecule has 0 unspecified atom stereocenters. The van der Waals surface area contributed by atoms with Gasteiger partial charge in [0.25, 0.3) is 0 Å². The average Bonchev–Trinajstić information content (AvgIpc) is 1.84. The fraction of sp³-hybridized carbons (Fsp3) is 0.500. The molecule has 0 aromatic heterocycles. The number of thioether (sulfide) groups is 1. The van der Waals surface area contributed by atoms with Gasteiger partial charge in [-0.05, 0) is 0 Å². The van der Waals surface area contributed by atoms with Crippen molar-refractivity contribution < 1.29 is 24.5 Å². The first-order valence-electron chi connectivity index (χ1n) is 2.38. The van der Waals surface area contributed by atoms with Crippen LogP contribution in [0.4, 0.5) is 0 Å². The highest BCUT2D eigenvalue weighted by molar-refractivity contribution is 8.01. The number of hydrogen-bond acceptors (Lipinski definition) is 6. The first kappa shape index (κ1) is 7.52. The van der Waals surface area contributed by atoms with E-state index in [1.807, 2.05) is 0 Å². The average molecular weight is 164 g/mol. The maximum atomic E-state index is 10.3. The quantitative estimate of drug-likeness (QED) is 0.333. The first-order valence-corrected chi connectivity index (χ1v) is 3.32. The maximum Gasteiger partial charge on any atom is 0.353 e. The summed E-state index contributed by atoms with van der Waals surface area (Å²) in [5.74, 6) is -2.05. The summed E-state index contributed by atoms with van der Waals surface area (Å²) in [5, 5.41) is 17.3. The molecule has 0 aromatic carbocycles. The van der Waals surface area contributed by atoms with E-state index in [1.54, 1.807) is 0 Å². The summed E-state index contributed by atoms with van der Waals surface area (Å²) in [7, 11) is 0. The molecule has 1 aliphatic heterocycles. The Hall–Kier alpha value is -0.590. The summed E-state index contributed by atoms with van der Waals surface area (Å²) in [4.78, 5) is 20.7. The van der Waals surface area contributed by atoms with E-state index in [2.05, 4.69) is 4.74 Å². The Labute approximate surface area is 60.0 Å². The lowest BCUT2D eigenvalue weighted by molar-refractivity contribution is -0.167. The molecule has 0 aliphatic carbocycles. The predicted octanol–water partition coefficient (Wildman–Crippen LogP) is -1.56. The minimum atomic E-state index is -1.45. The van der Waals surface area contributed by atoms with Crippen LogP contribution in [0.2, 0.25) is 0 Å². The van der Waals surface area contributed by atoms with Gasteiger partial charge >= 0.3 is 11.9 Å². The largest absolute Gasteiger partial charge is 0.388 e. The molecule has 0 saturated carbocycles. The molecule has 0 amide bonds. The van der Waals surface area contributed by atoms with E-state index in [9.17, 15) is 9.59 Å². The molecule has 1 heterocycles. The van der Waals surface area contributed by atoms with Crippen molar-refractivity contribution in [3.63, 3.8) is 0 Å². The minimum Gasteiger partial charge on any atom is -0.388 e. The SMILES string of the molecule is O=C1OC(=O)[C@H](O)S[C@H]1O. The topological polar surface area (TPSA) is 83.8 Å². The lowest BCUT2D eigenvalue weighted by Crippen LogP contribution is -2.36. The van der Waals surface area contributed by atoms with Crippen LogP contribution in [0.25, 0.3) is 0 Å². The normalized spacial score (nSPS) is 33.8. The summed E-state index contributed by atoms with van der Waals surface area (Å²) < 4.78 is 3.91. The molecule has 10 heavy (non-hydrogen) atoms. The molecule has 6 heteroatoms. The van der Waals surface area contributed by atoms with Gasteiger partial charge in [0.05, 0.1) is 0 Å². The van der Waals surface area contributed by atoms with Gasteiger partial charge in [-0.1, -0.05) is 11.8 Å². The molecule has 56 valence electrons. The molecule has 1 saturated heterocycles. The Morgan fingerprint density at radius 2 is 1.60 bits per heavy atom. The third-order valence-corrected chi connectivity index (χ3v) is 1.76. The van der Waals surface area contributed by atoms with Crippen molar-refractivity contribution in [1.29, 1.82) is 0 Å². The van der Waals surface area contributed by atoms with Gasteiger partial charge < -0.3 is 14.9 Å². The van der Waals surface area contributed by atoms with Gasteiger partial charge in [0.15, 0.2) is 0 Å². The number of ether oxygens (including phenoxy) is 1. The lowest BCUT2D eigenvalue weighted by atomic mass is 10.6. The van der Waals surface area contributed by atoms with Gasteiger partial charge in [0.1, 0.15) is 0 Å². The van der Waals surface area contributed by atoms with Crippen molar-refractivity contribution in [3.05, 3.63) is 0 Å². The Kier molecular flexibility index (Phi) is 1.93. The monoisotopic (exact) mass is 164 g/mol. The van der Waals surface area contributed by atoms with Crippen LogP contribution < -0.4 is 0 Å². The van der Waals surface area contributed by atoms with Crippen molar-refractivity contribution in [3.8, 4) is 0 Å². The van der Waals surface area contributed by atoms with E-state index >= 15 is 0 Å². The van der Waals surface area contributed by atoms with E-state index in [0.717, 1.165) is 0 Å². The number of carbonyl (C=O) groups excluding carboxylic acids is 2. The van der Waals surface area contributed by atoms with Crippen molar-refractivity contribution in [1.82, 2.24) is 0 Å². The molecule has 2 atom stereocenters. The van der Waals surface area contributed by atoms with E-state index in [1.165, 1.54) is 0 Å². The molecule has 0 bridgehead atoms. The van der Waals surface area contributed by atoms with Crippen LogP contribution in [0, 0.1) is 0 Å². The second-order valence-electron chi connectivity index (χ2n) is 1.58.